The third-order valence-corrected chi connectivity index (χ3v) is 3.59. The first-order chi connectivity index (χ1) is 6.07. The monoisotopic (exact) mass is 180 g/mol. The van der Waals surface area contributed by atoms with Crippen LogP contribution in [0.15, 0.2) is 11.6 Å². The number of hydrogen-bond donors (Lipinski definition) is 0. The maximum Gasteiger partial charge on any atom is 0.331 e. The van der Waals surface area contributed by atoms with Gasteiger partial charge in [-0.15, -0.1) is 0 Å². The van der Waals surface area contributed by atoms with Crippen molar-refractivity contribution in [3.63, 3.8) is 0 Å². The fourth-order valence-electron chi connectivity index (χ4n) is 2.68. The molecule has 3 aliphatic rings. The van der Waals surface area contributed by atoms with Gasteiger partial charge in [-0.25, -0.2) is 4.79 Å². The predicted molar refractivity (Wildman–Crippen MR) is 45.1 cm³/mol. The predicted octanol–water partition coefficient (Wildman–Crippen LogP) is 1.18. The van der Waals surface area contributed by atoms with E-state index in [2.05, 4.69) is 6.92 Å². The lowest BCUT2D eigenvalue weighted by Gasteiger charge is -2.24. The van der Waals surface area contributed by atoms with Gasteiger partial charge in [0.15, 0.2) is 5.60 Å². The van der Waals surface area contributed by atoms with Gasteiger partial charge in [-0.3, -0.25) is 0 Å². The molecule has 1 saturated carbocycles. The van der Waals surface area contributed by atoms with Gasteiger partial charge < -0.3 is 9.47 Å². The summed E-state index contributed by atoms with van der Waals surface area (Å²) >= 11 is 0. The number of ether oxygens (including phenoxy) is 2. The fourth-order valence-corrected chi connectivity index (χ4v) is 2.68. The largest absolute Gasteiger partial charge is 0.448 e. The van der Waals surface area contributed by atoms with E-state index in [9.17, 15) is 4.79 Å². The van der Waals surface area contributed by atoms with Crippen LogP contribution in [0.5, 0.6) is 0 Å². The quantitative estimate of drug-likeness (QED) is 0.415. The second-order valence-electron chi connectivity index (χ2n) is 4.45. The third-order valence-electron chi connectivity index (χ3n) is 3.59. The molecule has 1 spiro atoms. The van der Waals surface area contributed by atoms with E-state index in [4.69, 9.17) is 9.47 Å². The van der Waals surface area contributed by atoms with Crippen LogP contribution >= 0.6 is 0 Å². The van der Waals surface area contributed by atoms with Crippen LogP contribution in [0, 0.1) is 0 Å². The highest BCUT2D eigenvalue weighted by atomic mass is 16.7. The Morgan fingerprint density at radius 3 is 2.69 bits per heavy atom. The van der Waals surface area contributed by atoms with Crippen LogP contribution in [0.3, 0.4) is 0 Å². The van der Waals surface area contributed by atoms with E-state index >= 15 is 0 Å². The van der Waals surface area contributed by atoms with Gasteiger partial charge in [-0.2, -0.15) is 0 Å². The molecule has 0 amide bonds. The number of hydrogen-bond acceptors (Lipinski definition) is 3. The van der Waals surface area contributed by atoms with Gasteiger partial charge >= 0.3 is 5.97 Å². The number of esters is 1. The van der Waals surface area contributed by atoms with Crippen molar-refractivity contribution in [3.05, 3.63) is 11.6 Å². The SMILES string of the molecule is CC1=CC(=O)O[C@@]12CC[C@]1(C)O[C@H]21. The van der Waals surface area contributed by atoms with Crippen molar-refractivity contribution in [2.45, 2.75) is 44.0 Å². The fraction of sp³-hybridized carbons (Fsp3) is 0.700. The zero-order valence-corrected chi connectivity index (χ0v) is 7.79. The van der Waals surface area contributed by atoms with Crippen molar-refractivity contribution in [1.82, 2.24) is 0 Å². The van der Waals surface area contributed by atoms with Crippen LogP contribution in [0.1, 0.15) is 26.7 Å². The lowest BCUT2D eigenvalue weighted by molar-refractivity contribution is -0.148. The maximum absolute atomic E-state index is 11.1. The van der Waals surface area contributed by atoms with E-state index in [-0.39, 0.29) is 17.7 Å². The molecule has 3 rings (SSSR count). The molecule has 0 unspecified atom stereocenters. The first-order valence-electron chi connectivity index (χ1n) is 4.66. The highest BCUT2D eigenvalue weighted by Crippen LogP contribution is 2.60. The minimum atomic E-state index is -0.397. The second-order valence-corrected chi connectivity index (χ2v) is 4.45. The summed E-state index contributed by atoms with van der Waals surface area (Å²) in [7, 11) is 0. The first kappa shape index (κ1) is 7.56. The zero-order valence-electron chi connectivity index (χ0n) is 7.79. The molecule has 2 fully saturated rings. The van der Waals surface area contributed by atoms with E-state index in [1.165, 1.54) is 0 Å². The smallest absolute Gasteiger partial charge is 0.331 e. The van der Waals surface area contributed by atoms with Crippen LogP contribution in [0.4, 0.5) is 0 Å². The molecule has 3 atom stereocenters. The lowest BCUT2D eigenvalue weighted by Crippen LogP contribution is -2.35. The Kier molecular flexibility index (Phi) is 1.06. The summed E-state index contributed by atoms with van der Waals surface area (Å²) in [5, 5.41) is 0. The molecule has 0 aromatic carbocycles. The van der Waals surface area contributed by atoms with Gasteiger partial charge in [0.05, 0.1) is 5.60 Å². The van der Waals surface area contributed by atoms with Crippen LogP contribution in [-0.2, 0) is 14.3 Å². The van der Waals surface area contributed by atoms with Crippen molar-refractivity contribution in [3.8, 4) is 0 Å². The molecule has 0 radical (unpaired) electrons. The van der Waals surface area contributed by atoms with E-state index in [1.807, 2.05) is 6.92 Å². The number of rotatable bonds is 0. The summed E-state index contributed by atoms with van der Waals surface area (Å²) in [5.41, 5.74) is 0.620. The molecule has 1 aliphatic carbocycles. The normalized spacial score (nSPS) is 52.0. The number of fused-ring (bicyclic) bond motifs is 2. The summed E-state index contributed by atoms with van der Waals surface area (Å²) < 4.78 is 11.0. The molecule has 13 heavy (non-hydrogen) atoms. The highest BCUT2D eigenvalue weighted by Gasteiger charge is 2.72. The van der Waals surface area contributed by atoms with Crippen molar-refractivity contribution in [2.24, 2.45) is 0 Å². The van der Waals surface area contributed by atoms with E-state index in [0.717, 1.165) is 18.4 Å². The topological polar surface area (TPSA) is 38.8 Å². The number of carbonyl (C=O) groups is 1. The van der Waals surface area contributed by atoms with E-state index < -0.39 is 5.60 Å². The van der Waals surface area contributed by atoms with Crippen LogP contribution in [0.25, 0.3) is 0 Å². The molecule has 2 heterocycles. The Morgan fingerprint density at radius 2 is 2.31 bits per heavy atom. The summed E-state index contributed by atoms with van der Waals surface area (Å²) in [4.78, 5) is 11.1. The van der Waals surface area contributed by atoms with Crippen molar-refractivity contribution in [2.75, 3.05) is 0 Å². The van der Waals surface area contributed by atoms with E-state index in [0.29, 0.717) is 0 Å². The van der Waals surface area contributed by atoms with Gasteiger partial charge in [0, 0.05) is 6.08 Å². The zero-order chi connectivity index (χ0) is 9.27. The molecule has 3 nitrogen and oxygen atoms in total. The Bertz CT molecular complexity index is 333. The van der Waals surface area contributed by atoms with Crippen molar-refractivity contribution in [1.29, 1.82) is 0 Å². The minimum Gasteiger partial charge on any atom is -0.448 e. The molecule has 0 aromatic heterocycles. The summed E-state index contributed by atoms with van der Waals surface area (Å²) in [6.07, 6.45) is 3.62. The Balaban J connectivity index is 2.01. The third kappa shape index (κ3) is 0.718. The van der Waals surface area contributed by atoms with E-state index in [1.54, 1.807) is 6.08 Å². The Hall–Kier alpha value is -0.830. The highest BCUT2D eigenvalue weighted by molar-refractivity contribution is 5.87. The number of carbonyl (C=O) groups excluding carboxylic acids is 1. The second kappa shape index (κ2) is 1.82. The molecule has 70 valence electrons. The van der Waals surface area contributed by atoms with Crippen molar-refractivity contribution < 1.29 is 14.3 Å². The summed E-state index contributed by atoms with van der Waals surface area (Å²) in [6.45, 7) is 4.05. The van der Waals surface area contributed by atoms with Crippen LogP contribution in [0.2, 0.25) is 0 Å². The lowest BCUT2D eigenvalue weighted by atomic mass is 9.93. The van der Waals surface area contributed by atoms with Gasteiger partial charge in [-0.1, -0.05) is 0 Å². The molecule has 3 heteroatoms. The average Bonchev–Trinajstić information content (AvgIpc) is 2.54. The van der Waals surface area contributed by atoms with Gasteiger partial charge in [-0.05, 0) is 32.3 Å². The molecule has 0 bridgehead atoms. The van der Waals surface area contributed by atoms with Gasteiger partial charge in [0.2, 0.25) is 0 Å². The molecule has 2 aliphatic heterocycles. The maximum atomic E-state index is 11.1. The first-order valence-corrected chi connectivity index (χ1v) is 4.66. The molecular weight excluding hydrogens is 168 g/mol. The Labute approximate surface area is 76.7 Å². The molecular formula is C10H12O3. The average molecular weight is 180 g/mol. The molecule has 0 N–H and O–H groups in total. The standard InChI is InChI=1S/C10H12O3/c1-6-5-7(11)12-10(6)4-3-9(2)8(10)13-9/h5,8H,3-4H2,1-2H3/t8-,9-,10-/m0/s1. The minimum absolute atomic E-state index is 0.0142. The van der Waals surface area contributed by atoms with Gasteiger partial charge in [0.25, 0.3) is 0 Å². The van der Waals surface area contributed by atoms with Gasteiger partial charge in [0.1, 0.15) is 6.10 Å². The van der Waals surface area contributed by atoms with Crippen LogP contribution in [-0.4, -0.2) is 23.3 Å². The Morgan fingerprint density at radius 1 is 1.54 bits per heavy atom. The number of epoxide rings is 1. The molecule has 1 saturated heterocycles. The van der Waals surface area contributed by atoms with Crippen molar-refractivity contribution >= 4 is 5.97 Å². The summed E-state index contributed by atoms with van der Waals surface area (Å²) in [6, 6.07) is 0. The summed E-state index contributed by atoms with van der Waals surface area (Å²) in [5.74, 6) is -0.211. The van der Waals surface area contributed by atoms with Crippen LogP contribution < -0.4 is 0 Å². The molecule has 0 aromatic rings.